The van der Waals surface area contributed by atoms with Gasteiger partial charge in [-0.1, -0.05) is 19.9 Å². The number of hydrogen-bond donors (Lipinski definition) is 1. The Balaban J connectivity index is 1.93. The highest BCUT2D eigenvalue weighted by Gasteiger charge is 2.22. The van der Waals surface area contributed by atoms with Gasteiger partial charge in [0.15, 0.2) is 5.65 Å². The molecule has 0 saturated carbocycles. The number of nitriles is 1. The van der Waals surface area contributed by atoms with Gasteiger partial charge in [-0.05, 0) is 42.2 Å². The quantitative estimate of drug-likeness (QED) is 0.524. The second kappa shape index (κ2) is 8.03. The molecule has 31 heavy (non-hydrogen) atoms. The number of rotatable bonds is 5. The second-order valence-corrected chi connectivity index (χ2v) is 7.69. The molecular formula is C23H23N7O. The summed E-state index contributed by atoms with van der Waals surface area (Å²) in [5.41, 5.74) is 10.8. The number of pyridine rings is 1. The van der Waals surface area contributed by atoms with Gasteiger partial charge in [0.1, 0.15) is 23.6 Å². The fourth-order valence-electron chi connectivity index (χ4n) is 3.55. The Morgan fingerprint density at radius 2 is 1.84 bits per heavy atom. The van der Waals surface area contributed by atoms with Crippen LogP contribution in [0.5, 0.6) is 5.75 Å². The minimum absolute atomic E-state index is 0.141. The number of nitrogen functional groups attached to an aromatic ring is 1. The Bertz CT molecular complexity index is 1300. The lowest BCUT2D eigenvalue weighted by Crippen LogP contribution is -2.10. The summed E-state index contributed by atoms with van der Waals surface area (Å²) >= 11 is 0. The van der Waals surface area contributed by atoms with E-state index >= 15 is 0 Å². The molecule has 0 radical (unpaired) electrons. The summed E-state index contributed by atoms with van der Waals surface area (Å²) in [6.07, 6.45) is 5.16. The van der Waals surface area contributed by atoms with Crippen molar-refractivity contribution >= 4 is 16.9 Å². The number of anilines is 1. The van der Waals surface area contributed by atoms with E-state index < -0.39 is 0 Å². The summed E-state index contributed by atoms with van der Waals surface area (Å²) in [4.78, 5) is 13.0. The zero-order chi connectivity index (χ0) is 22.1. The number of fused-ring (bicyclic) bond motifs is 1. The van der Waals surface area contributed by atoms with E-state index in [0.717, 1.165) is 11.1 Å². The highest BCUT2D eigenvalue weighted by atomic mass is 16.5. The minimum Gasteiger partial charge on any atom is -0.497 e. The molecule has 2 N–H and O–H groups in total. The van der Waals surface area contributed by atoms with Crippen molar-refractivity contribution in [3.63, 3.8) is 0 Å². The maximum atomic E-state index is 9.42. The van der Waals surface area contributed by atoms with Crippen molar-refractivity contribution in [3.05, 3.63) is 59.7 Å². The van der Waals surface area contributed by atoms with Crippen molar-refractivity contribution in [1.82, 2.24) is 24.7 Å². The van der Waals surface area contributed by atoms with Crippen LogP contribution in [-0.4, -0.2) is 31.8 Å². The number of hydrogen-bond acceptors (Lipinski definition) is 7. The van der Waals surface area contributed by atoms with Crippen LogP contribution in [-0.2, 0) is 0 Å². The SMILES string of the molecule is COc1cc(C#N)cc(-c2nn(C(C)c3cncc(C(C)C)c3)c3ncnc(N)c23)c1. The minimum atomic E-state index is -0.141. The van der Waals surface area contributed by atoms with Crippen molar-refractivity contribution in [1.29, 1.82) is 5.26 Å². The first-order valence-corrected chi connectivity index (χ1v) is 9.96. The van der Waals surface area contributed by atoms with Crippen LogP contribution >= 0.6 is 0 Å². The number of benzene rings is 1. The Morgan fingerprint density at radius 1 is 1.06 bits per heavy atom. The number of methoxy groups -OCH3 is 1. The molecule has 0 amide bonds. The average molecular weight is 413 g/mol. The van der Waals surface area contributed by atoms with Crippen LogP contribution in [0.15, 0.2) is 43.0 Å². The van der Waals surface area contributed by atoms with Crippen LogP contribution in [0.2, 0.25) is 0 Å². The summed E-state index contributed by atoms with van der Waals surface area (Å²) in [7, 11) is 1.56. The first-order chi connectivity index (χ1) is 14.9. The lowest BCUT2D eigenvalue weighted by atomic mass is 10.0. The zero-order valence-electron chi connectivity index (χ0n) is 17.9. The van der Waals surface area contributed by atoms with Gasteiger partial charge in [-0.2, -0.15) is 10.4 Å². The van der Waals surface area contributed by atoms with Gasteiger partial charge < -0.3 is 10.5 Å². The first-order valence-electron chi connectivity index (χ1n) is 9.96. The summed E-state index contributed by atoms with van der Waals surface area (Å²) in [6, 6.07) is 9.41. The van der Waals surface area contributed by atoms with Gasteiger partial charge in [-0.3, -0.25) is 4.98 Å². The van der Waals surface area contributed by atoms with E-state index in [9.17, 15) is 5.26 Å². The number of nitrogens with two attached hydrogens (primary N) is 1. The van der Waals surface area contributed by atoms with E-state index in [1.165, 1.54) is 6.33 Å². The predicted octanol–water partition coefficient (Wildman–Crippen LogP) is 4.08. The lowest BCUT2D eigenvalue weighted by Gasteiger charge is -2.15. The summed E-state index contributed by atoms with van der Waals surface area (Å²) in [5, 5.41) is 14.9. The van der Waals surface area contributed by atoms with Crippen LogP contribution in [0, 0.1) is 11.3 Å². The molecule has 156 valence electrons. The molecule has 1 atom stereocenters. The van der Waals surface area contributed by atoms with Gasteiger partial charge in [-0.15, -0.1) is 0 Å². The molecule has 3 heterocycles. The topological polar surface area (TPSA) is 116 Å². The Labute approximate surface area is 180 Å². The average Bonchev–Trinajstić information content (AvgIpc) is 3.19. The van der Waals surface area contributed by atoms with Gasteiger partial charge in [0, 0.05) is 18.0 Å². The second-order valence-electron chi connectivity index (χ2n) is 7.69. The van der Waals surface area contributed by atoms with E-state index in [0.29, 0.717) is 45.3 Å². The molecule has 0 spiro atoms. The molecule has 4 rings (SSSR count). The smallest absolute Gasteiger partial charge is 0.164 e. The Hall–Kier alpha value is -3.99. The van der Waals surface area contributed by atoms with Gasteiger partial charge >= 0.3 is 0 Å². The standard InChI is InChI=1S/C23H23N7O/c1-13(2)17-7-18(11-26-10-17)14(3)30-23-20(22(25)27-12-28-23)21(29-30)16-5-15(9-24)6-19(8-16)31-4/h5-8,10-14H,1-4H3,(H2,25,27,28). The van der Waals surface area contributed by atoms with Crippen LogP contribution in [0.25, 0.3) is 22.3 Å². The molecule has 1 aromatic carbocycles. The summed E-state index contributed by atoms with van der Waals surface area (Å²) in [6.45, 7) is 6.31. The number of ether oxygens (including phenoxy) is 1. The highest BCUT2D eigenvalue weighted by Crippen LogP contribution is 2.35. The lowest BCUT2D eigenvalue weighted by molar-refractivity contribution is 0.415. The fourth-order valence-corrected chi connectivity index (χ4v) is 3.55. The molecule has 0 bridgehead atoms. The van der Waals surface area contributed by atoms with Crippen molar-refractivity contribution < 1.29 is 4.74 Å². The van der Waals surface area contributed by atoms with Gasteiger partial charge in [0.2, 0.25) is 0 Å². The molecule has 8 heteroatoms. The third kappa shape index (κ3) is 3.66. The van der Waals surface area contributed by atoms with E-state index in [2.05, 4.69) is 40.9 Å². The molecular weight excluding hydrogens is 390 g/mol. The summed E-state index contributed by atoms with van der Waals surface area (Å²) < 4.78 is 7.19. The normalized spacial score (nSPS) is 12.1. The van der Waals surface area contributed by atoms with Crippen molar-refractivity contribution in [2.75, 3.05) is 12.8 Å². The predicted molar refractivity (Wildman–Crippen MR) is 119 cm³/mol. The highest BCUT2D eigenvalue weighted by molar-refractivity contribution is 5.98. The van der Waals surface area contributed by atoms with E-state index in [4.69, 9.17) is 15.6 Å². The molecule has 0 aliphatic carbocycles. The fraction of sp³-hybridized carbons (Fsp3) is 0.261. The number of nitrogens with zero attached hydrogens (tertiary/aromatic N) is 6. The van der Waals surface area contributed by atoms with Crippen molar-refractivity contribution in [3.8, 4) is 23.1 Å². The largest absolute Gasteiger partial charge is 0.497 e. The molecule has 1 unspecified atom stereocenters. The zero-order valence-corrected chi connectivity index (χ0v) is 17.9. The van der Waals surface area contributed by atoms with E-state index in [1.54, 1.807) is 19.2 Å². The number of aromatic nitrogens is 5. The van der Waals surface area contributed by atoms with E-state index in [1.807, 2.05) is 30.1 Å². The van der Waals surface area contributed by atoms with Gasteiger partial charge in [-0.25, -0.2) is 14.6 Å². The third-order valence-corrected chi connectivity index (χ3v) is 5.36. The van der Waals surface area contributed by atoms with Crippen LogP contribution in [0.1, 0.15) is 49.4 Å². The van der Waals surface area contributed by atoms with Crippen LogP contribution in [0.4, 0.5) is 5.82 Å². The third-order valence-electron chi connectivity index (χ3n) is 5.36. The Morgan fingerprint density at radius 3 is 2.55 bits per heavy atom. The van der Waals surface area contributed by atoms with Crippen LogP contribution in [0.3, 0.4) is 0 Å². The molecule has 8 nitrogen and oxygen atoms in total. The maximum absolute atomic E-state index is 9.42. The van der Waals surface area contributed by atoms with Crippen molar-refractivity contribution in [2.24, 2.45) is 0 Å². The monoisotopic (exact) mass is 413 g/mol. The van der Waals surface area contributed by atoms with E-state index in [-0.39, 0.29) is 6.04 Å². The maximum Gasteiger partial charge on any atom is 0.164 e. The molecule has 0 aliphatic heterocycles. The van der Waals surface area contributed by atoms with Crippen LogP contribution < -0.4 is 10.5 Å². The molecule has 4 aromatic rings. The molecule has 0 fully saturated rings. The Kier molecular flexibility index (Phi) is 5.26. The van der Waals surface area contributed by atoms with Gasteiger partial charge in [0.25, 0.3) is 0 Å². The molecule has 0 aliphatic rings. The summed E-state index contributed by atoms with van der Waals surface area (Å²) in [5.74, 6) is 1.26. The first kappa shape index (κ1) is 20.3. The molecule has 0 saturated heterocycles. The van der Waals surface area contributed by atoms with Gasteiger partial charge in [0.05, 0.1) is 30.2 Å². The molecule has 3 aromatic heterocycles. The van der Waals surface area contributed by atoms with Crippen molar-refractivity contribution in [2.45, 2.75) is 32.7 Å².